The normalized spacial score (nSPS) is 12.6. The highest BCUT2D eigenvalue weighted by Crippen LogP contribution is 2.25. The molecule has 0 radical (unpaired) electrons. The lowest BCUT2D eigenvalue weighted by molar-refractivity contribution is -0.137. The average molecular weight is 319 g/mol. The molecule has 0 aromatic carbocycles. The van der Waals surface area contributed by atoms with Gasteiger partial charge in [0.15, 0.2) is 0 Å². The van der Waals surface area contributed by atoms with Crippen LogP contribution in [-0.4, -0.2) is 33.7 Å². The Hall–Kier alpha value is -2.44. The minimum atomic E-state index is -0.880. The van der Waals surface area contributed by atoms with Gasteiger partial charge in [0, 0.05) is 18.7 Å². The van der Waals surface area contributed by atoms with Crippen molar-refractivity contribution >= 4 is 23.0 Å². The monoisotopic (exact) mass is 319 g/mol. The molecule has 0 aliphatic heterocycles. The molecule has 2 N–H and O–H groups in total. The Morgan fingerprint density at radius 3 is 2.65 bits per heavy atom. The van der Waals surface area contributed by atoms with Crippen molar-refractivity contribution in [2.24, 2.45) is 5.92 Å². The van der Waals surface area contributed by atoms with E-state index in [1.165, 1.54) is 0 Å². The number of carbonyl (C=O) groups is 2. The molecule has 0 bridgehead atoms. The molecule has 1 amide bonds. The predicted octanol–water partition coefficient (Wildman–Crippen LogP) is 2.50. The number of nitrogens with zero attached hydrogens (tertiary/aromatic N) is 2. The highest BCUT2D eigenvalue weighted by atomic mass is 16.5. The topological polar surface area (TPSA) is 105 Å². The maximum absolute atomic E-state index is 12.5. The summed E-state index contributed by atoms with van der Waals surface area (Å²) in [6.45, 7) is 7.78. The number of fused-ring (bicyclic) bond motifs is 1. The van der Waals surface area contributed by atoms with E-state index in [-0.39, 0.29) is 30.7 Å². The zero-order valence-corrected chi connectivity index (χ0v) is 13.7. The minimum Gasteiger partial charge on any atom is -0.481 e. The second kappa shape index (κ2) is 6.76. The third-order valence-corrected chi connectivity index (χ3v) is 3.61. The van der Waals surface area contributed by atoms with Crippen LogP contribution in [0, 0.1) is 12.8 Å². The predicted molar refractivity (Wildman–Crippen MR) is 84.4 cm³/mol. The van der Waals surface area contributed by atoms with Crippen molar-refractivity contribution < 1.29 is 19.2 Å². The van der Waals surface area contributed by atoms with E-state index in [9.17, 15) is 9.59 Å². The minimum absolute atomic E-state index is 0.00950. The van der Waals surface area contributed by atoms with Crippen LogP contribution in [0.4, 0.5) is 0 Å². The van der Waals surface area contributed by atoms with Gasteiger partial charge in [0.2, 0.25) is 0 Å². The van der Waals surface area contributed by atoms with Gasteiger partial charge in [-0.05, 0) is 24.8 Å². The molecular formula is C16H21N3O4. The summed E-state index contributed by atoms with van der Waals surface area (Å²) >= 11 is 0. The number of hydrogen-bond donors (Lipinski definition) is 2. The number of aliphatic carboxylic acids is 1. The Labute approximate surface area is 134 Å². The van der Waals surface area contributed by atoms with Gasteiger partial charge in [0.25, 0.3) is 11.6 Å². The molecule has 7 nitrogen and oxygen atoms in total. The van der Waals surface area contributed by atoms with E-state index in [0.717, 1.165) is 5.69 Å². The molecule has 23 heavy (non-hydrogen) atoms. The first-order valence-electron chi connectivity index (χ1n) is 7.56. The van der Waals surface area contributed by atoms with Crippen LogP contribution in [0.2, 0.25) is 0 Å². The van der Waals surface area contributed by atoms with Crippen LogP contribution in [0.15, 0.2) is 10.6 Å². The molecule has 0 spiro atoms. The highest BCUT2D eigenvalue weighted by molar-refractivity contribution is 6.06. The Balaban J connectivity index is 2.28. The number of carboxylic acid groups (broad SMARTS) is 1. The number of carbonyl (C=O) groups excluding carboxylic acids is 1. The molecule has 7 heteroatoms. The summed E-state index contributed by atoms with van der Waals surface area (Å²) in [5.74, 6) is -1.16. The van der Waals surface area contributed by atoms with Crippen LogP contribution in [0.1, 0.15) is 54.9 Å². The summed E-state index contributed by atoms with van der Waals surface area (Å²) in [6, 6.07) is 1.74. The average Bonchev–Trinajstić information content (AvgIpc) is 2.84. The van der Waals surface area contributed by atoms with Crippen molar-refractivity contribution in [1.29, 1.82) is 0 Å². The van der Waals surface area contributed by atoms with Gasteiger partial charge < -0.3 is 14.9 Å². The van der Waals surface area contributed by atoms with Gasteiger partial charge in [-0.2, -0.15) is 0 Å². The van der Waals surface area contributed by atoms with E-state index in [4.69, 9.17) is 9.63 Å². The van der Waals surface area contributed by atoms with E-state index in [1.54, 1.807) is 19.9 Å². The summed E-state index contributed by atoms with van der Waals surface area (Å²) in [5.41, 5.74) is 2.15. The molecule has 1 unspecified atom stereocenters. The molecular weight excluding hydrogens is 298 g/mol. The van der Waals surface area contributed by atoms with Gasteiger partial charge in [-0.1, -0.05) is 25.9 Å². The molecule has 2 rings (SSSR count). The van der Waals surface area contributed by atoms with Crippen molar-refractivity contribution in [1.82, 2.24) is 15.5 Å². The van der Waals surface area contributed by atoms with Crippen molar-refractivity contribution in [3.8, 4) is 0 Å². The molecule has 2 aromatic heterocycles. The zero-order chi connectivity index (χ0) is 17.1. The van der Waals surface area contributed by atoms with Crippen LogP contribution in [0.5, 0.6) is 0 Å². The molecule has 2 aromatic rings. The molecule has 0 fully saturated rings. The summed E-state index contributed by atoms with van der Waals surface area (Å²) in [5, 5.41) is 16.0. The Bertz CT molecular complexity index is 736. The maximum atomic E-state index is 12.5. The number of hydrogen-bond acceptors (Lipinski definition) is 5. The van der Waals surface area contributed by atoms with Crippen molar-refractivity contribution in [2.45, 2.75) is 40.0 Å². The first-order chi connectivity index (χ1) is 10.8. The zero-order valence-electron chi connectivity index (χ0n) is 13.7. The smallest absolute Gasteiger partial charge is 0.303 e. The van der Waals surface area contributed by atoms with Gasteiger partial charge in [0.1, 0.15) is 0 Å². The van der Waals surface area contributed by atoms with Crippen molar-refractivity contribution in [3.05, 3.63) is 23.0 Å². The molecule has 0 aliphatic carbocycles. The number of nitrogens with one attached hydrogen (secondary N) is 1. The number of rotatable bonds is 6. The number of pyridine rings is 1. The van der Waals surface area contributed by atoms with Gasteiger partial charge in [-0.3, -0.25) is 9.59 Å². The van der Waals surface area contributed by atoms with E-state index in [2.05, 4.69) is 15.5 Å². The maximum Gasteiger partial charge on any atom is 0.303 e. The van der Waals surface area contributed by atoms with Crippen LogP contribution in [0.3, 0.4) is 0 Å². The van der Waals surface area contributed by atoms with Gasteiger partial charge >= 0.3 is 5.97 Å². The van der Waals surface area contributed by atoms with E-state index in [0.29, 0.717) is 22.4 Å². The first-order valence-corrected chi connectivity index (χ1v) is 7.56. The first kappa shape index (κ1) is 16.9. The van der Waals surface area contributed by atoms with Crippen molar-refractivity contribution in [3.63, 3.8) is 0 Å². The number of carboxylic acids is 1. The van der Waals surface area contributed by atoms with Crippen LogP contribution >= 0.6 is 0 Å². The molecule has 0 aliphatic rings. The fourth-order valence-corrected chi connectivity index (χ4v) is 2.32. The fraction of sp³-hybridized carbons (Fsp3) is 0.500. The lowest BCUT2D eigenvalue weighted by atomic mass is 10.0. The van der Waals surface area contributed by atoms with Crippen LogP contribution in [-0.2, 0) is 4.79 Å². The SMILES string of the molecule is Cc1noc2nc(C(C)C)cc(C(=O)NCC(C)CC(=O)O)c12. The number of aryl methyl sites for hydroxylation is 1. The lowest BCUT2D eigenvalue weighted by Crippen LogP contribution is -2.29. The van der Waals surface area contributed by atoms with E-state index < -0.39 is 5.97 Å². The Kier molecular flexibility index (Phi) is 4.98. The largest absolute Gasteiger partial charge is 0.481 e. The van der Waals surface area contributed by atoms with E-state index >= 15 is 0 Å². The standard InChI is InChI=1S/C16H21N3O4/c1-8(2)12-6-11(14-10(4)19-23-16(14)18-12)15(22)17-7-9(3)5-13(20)21/h6,8-9H,5,7H2,1-4H3,(H,17,22)(H,20,21). The van der Waals surface area contributed by atoms with Gasteiger partial charge in [-0.15, -0.1) is 0 Å². The van der Waals surface area contributed by atoms with Gasteiger partial charge in [0.05, 0.1) is 16.6 Å². The van der Waals surface area contributed by atoms with Crippen LogP contribution in [0.25, 0.3) is 11.1 Å². The highest BCUT2D eigenvalue weighted by Gasteiger charge is 2.20. The second-order valence-electron chi connectivity index (χ2n) is 6.11. The quantitative estimate of drug-likeness (QED) is 0.847. The van der Waals surface area contributed by atoms with Crippen LogP contribution < -0.4 is 5.32 Å². The third kappa shape index (κ3) is 3.85. The number of aromatic nitrogens is 2. The third-order valence-electron chi connectivity index (χ3n) is 3.61. The molecule has 124 valence electrons. The Morgan fingerprint density at radius 2 is 2.04 bits per heavy atom. The Morgan fingerprint density at radius 1 is 1.35 bits per heavy atom. The molecule has 0 saturated heterocycles. The molecule has 1 atom stereocenters. The summed E-state index contributed by atoms with van der Waals surface area (Å²) < 4.78 is 5.19. The fourth-order valence-electron chi connectivity index (χ4n) is 2.32. The number of amides is 1. The molecule has 0 saturated carbocycles. The van der Waals surface area contributed by atoms with Gasteiger partial charge in [-0.25, -0.2) is 4.98 Å². The van der Waals surface area contributed by atoms with Crippen molar-refractivity contribution in [2.75, 3.05) is 6.54 Å². The lowest BCUT2D eigenvalue weighted by Gasteiger charge is -2.12. The summed E-state index contributed by atoms with van der Waals surface area (Å²) in [7, 11) is 0. The summed E-state index contributed by atoms with van der Waals surface area (Å²) in [6.07, 6.45) is 0.00950. The molecule has 2 heterocycles. The second-order valence-corrected chi connectivity index (χ2v) is 6.11. The van der Waals surface area contributed by atoms with E-state index in [1.807, 2.05) is 13.8 Å². The summed E-state index contributed by atoms with van der Waals surface area (Å²) in [4.78, 5) is 27.6.